The lowest BCUT2D eigenvalue weighted by Gasteiger charge is -2.35. The monoisotopic (exact) mass is 289 g/mol. The van der Waals surface area contributed by atoms with Gasteiger partial charge >= 0.3 is 5.97 Å². The molecular formula is C17H23NO3. The normalized spacial score (nSPS) is 18.4. The highest BCUT2D eigenvalue weighted by molar-refractivity contribution is 5.80. The summed E-state index contributed by atoms with van der Waals surface area (Å²) in [7, 11) is 1.39. The van der Waals surface area contributed by atoms with Crippen molar-refractivity contribution < 1.29 is 14.3 Å². The number of rotatable bonds is 4. The van der Waals surface area contributed by atoms with Crippen LogP contribution in [-0.2, 0) is 20.7 Å². The number of ether oxygens (including phenoxy) is 1. The third-order valence-corrected chi connectivity index (χ3v) is 4.18. The van der Waals surface area contributed by atoms with Gasteiger partial charge in [0.1, 0.15) is 0 Å². The van der Waals surface area contributed by atoms with Crippen molar-refractivity contribution in [3.05, 3.63) is 35.4 Å². The summed E-state index contributed by atoms with van der Waals surface area (Å²) in [5, 5.41) is 0. The van der Waals surface area contributed by atoms with Crippen LogP contribution in [0.15, 0.2) is 24.3 Å². The molecule has 0 aromatic heterocycles. The first-order valence-corrected chi connectivity index (χ1v) is 7.52. The molecule has 1 fully saturated rings. The topological polar surface area (TPSA) is 46.6 Å². The number of piperidine rings is 1. The maximum absolute atomic E-state index is 12.6. The van der Waals surface area contributed by atoms with Crippen molar-refractivity contribution in [3.8, 4) is 0 Å². The summed E-state index contributed by atoms with van der Waals surface area (Å²) in [5.74, 6) is -0.131. The van der Waals surface area contributed by atoms with E-state index < -0.39 is 0 Å². The molecule has 1 unspecified atom stereocenters. The van der Waals surface area contributed by atoms with Crippen LogP contribution in [0.4, 0.5) is 0 Å². The minimum absolute atomic E-state index is 0.0114. The minimum Gasteiger partial charge on any atom is -0.469 e. The predicted molar refractivity (Wildman–Crippen MR) is 80.9 cm³/mol. The van der Waals surface area contributed by atoms with E-state index in [1.54, 1.807) is 0 Å². The van der Waals surface area contributed by atoms with Gasteiger partial charge in [-0.3, -0.25) is 9.59 Å². The Bertz CT molecular complexity index is 513. The second-order valence-corrected chi connectivity index (χ2v) is 5.62. The molecule has 0 saturated carbocycles. The zero-order valence-electron chi connectivity index (χ0n) is 12.8. The van der Waals surface area contributed by atoms with Crippen LogP contribution in [0.1, 0.15) is 36.8 Å². The molecule has 1 saturated heterocycles. The number of methoxy groups -OCH3 is 1. The Hall–Kier alpha value is -1.84. The first kappa shape index (κ1) is 15.5. The number of hydrogen-bond acceptors (Lipinski definition) is 3. The number of hydrogen-bond donors (Lipinski definition) is 0. The van der Waals surface area contributed by atoms with Gasteiger partial charge in [0.25, 0.3) is 0 Å². The van der Waals surface area contributed by atoms with Crippen LogP contribution in [0.2, 0.25) is 0 Å². The van der Waals surface area contributed by atoms with Gasteiger partial charge < -0.3 is 9.64 Å². The van der Waals surface area contributed by atoms with Crippen LogP contribution in [0.5, 0.6) is 0 Å². The number of benzene rings is 1. The van der Waals surface area contributed by atoms with Crippen molar-refractivity contribution in [3.63, 3.8) is 0 Å². The highest BCUT2D eigenvalue weighted by Crippen LogP contribution is 2.21. The number of carbonyl (C=O) groups is 2. The van der Waals surface area contributed by atoms with Crippen LogP contribution in [0.25, 0.3) is 0 Å². The largest absolute Gasteiger partial charge is 0.469 e. The van der Waals surface area contributed by atoms with E-state index in [2.05, 4.69) is 0 Å². The third kappa shape index (κ3) is 4.06. The van der Waals surface area contributed by atoms with Crippen molar-refractivity contribution in [2.24, 2.45) is 0 Å². The van der Waals surface area contributed by atoms with E-state index in [0.29, 0.717) is 12.8 Å². The maximum Gasteiger partial charge on any atom is 0.307 e. The SMILES string of the molecule is COC(=O)CC1CCCCN1C(=O)Cc1ccccc1C. The predicted octanol–water partition coefficient (Wildman–Crippen LogP) is 2.48. The molecular weight excluding hydrogens is 266 g/mol. The Labute approximate surface area is 126 Å². The highest BCUT2D eigenvalue weighted by Gasteiger charge is 2.28. The number of amides is 1. The lowest BCUT2D eigenvalue weighted by atomic mass is 9.97. The molecule has 2 rings (SSSR count). The van der Waals surface area contributed by atoms with Gasteiger partial charge in [-0.05, 0) is 37.3 Å². The number of likely N-dealkylation sites (tertiary alicyclic amines) is 1. The van der Waals surface area contributed by atoms with Crippen molar-refractivity contribution >= 4 is 11.9 Å². The highest BCUT2D eigenvalue weighted by atomic mass is 16.5. The second kappa shape index (κ2) is 7.25. The number of carbonyl (C=O) groups excluding carboxylic acids is 2. The van der Waals surface area contributed by atoms with Gasteiger partial charge in [0.15, 0.2) is 0 Å². The summed E-state index contributed by atoms with van der Waals surface area (Å²) < 4.78 is 4.74. The summed E-state index contributed by atoms with van der Waals surface area (Å²) in [6.45, 7) is 2.76. The summed E-state index contributed by atoms with van der Waals surface area (Å²) in [6.07, 6.45) is 3.67. The maximum atomic E-state index is 12.6. The van der Waals surface area contributed by atoms with Crippen LogP contribution in [0.3, 0.4) is 0 Å². The fourth-order valence-electron chi connectivity index (χ4n) is 2.89. The average Bonchev–Trinajstić information content (AvgIpc) is 2.50. The van der Waals surface area contributed by atoms with E-state index in [0.717, 1.165) is 36.9 Å². The fourth-order valence-corrected chi connectivity index (χ4v) is 2.89. The van der Waals surface area contributed by atoms with Gasteiger partial charge in [-0.2, -0.15) is 0 Å². The summed E-state index contributed by atoms with van der Waals surface area (Å²) in [6, 6.07) is 7.93. The molecule has 1 heterocycles. The Morgan fingerprint density at radius 2 is 2.05 bits per heavy atom. The van der Waals surface area contributed by atoms with Gasteiger partial charge in [-0.1, -0.05) is 24.3 Å². The van der Waals surface area contributed by atoms with Crippen molar-refractivity contribution in [2.75, 3.05) is 13.7 Å². The average molecular weight is 289 g/mol. The molecule has 1 amide bonds. The molecule has 1 aromatic rings. The van der Waals surface area contributed by atoms with Gasteiger partial charge in [0.2, 0.25) is 5.91 Å². The second-order valence-electron chi connectivity index (χ2n) is 5.62. The molecule has 1 atom stereocenters. The van der Waals surface area contributed by atoms with E-state index >= 15 is 0 Å². The molecule has 0 N–H and O–H groups in total. The zero-order valence-corrected chi connectivity index (χ0v) is 12.8. The van der Waals surface area contributed by atoms with Gasteiger partial charge in [0, 0.05) is 12.6 Å². The molecule has 0 bridgehead atoms. The molecule has 4 nitrogen and oxygen atoms in total. The fraction of sp³-hybridized carbons (Fsp3) is 0.529. The lowest BCUT2D eigenvalue weighted by Crippen LogP contribution is -2.45. The Balaban J connectivity index is 2.04. The van der Waals surface area contributed by atoms with E-state index in [9.17, 15) is 9.59 Å². The number of nitrogens with zero attached hydrogens (tertiary/aromatic N) is 1. The van der Waals surface area contributed by atoms with Gasteiger partial charge in [-0.25, -0.2) is 0 Å². The van der Waals surface area contributed by atoms with E-state index in [1.807, 2.05) is 36.1 Å². The summed E-state index contributed by atoms with van der Waals surface area (Å²) >= 11 is 0. The molecule has 1 aliphatic rings. The van der Waals surface area contributed by atoms with Crippen molar-refractivity contribution in [2.45, 2.75) is 45.1 Å². The summed E-state index contributed by atoms with van der Waals surface area (Å²) in [4.78, 5) is 25.9. The van der Waals surface area contributed by atoms with Crippen molar-refractivity contribution in [1.29, 1.82) is 0 Å². The van der Waals surface area contributed by atoms with Gasteiger partial charge in [-0.15, -0.1) is 0 Å². The lowest BCUT2D eigenvalue weighted by molar-refractivity contribution is -0.144. The number of esters is 1. The van der Waals surface area contributed by atoms with Crippen LogP contribution >= 0.6 is 0 Å². The van der Waals surface area contributed by atoms with E-state index in [-0.39, 0.29) is 17.9 Å². The van der Waals surface area contributed by atoms with Crippen molar-refractivity contribution in [1.82, 2.24) is 4.90 Å². The molecule has 0 aliphatic carbocycles. The molecule has 0 spiro atoms. The standard InChI is InChI=1S/C17H23NO3/c1-13-7-3-4-8-14(13)11-16(19)18-10-6-5-9-15(18)12-17(20)21-2/h3-4,7-8,15H,5-6,9-12H2,1-2H3. The Morgan fingerprint density at radius 3 is 2.76 bits per heavy atom. The first-order chi connectivity index (χ1) is 10.1. The molecule has 4 heteroatoms. The molecule has 114 valence electrons. The molecule has 1 aromatic carbocycles. The molecule has 21 heavy (non-hydrogen) atoms. The minimum atomic E-state index is -0.240. The molecule has 0 radical (unpaired) electrons. The van der Waals surface area contributed by atoms with Gasteiger partial charge in [0.05, 0.1) is 20.0 Å². The Morgan fingerprint density at radius 1 is 1.29 bits per heavy atom. The first-order valence-electron chi connectivity index (χ1n) is 7.52. The molecule has 1 aliphatic heterocycles. The quantitative estimate of drug-likeness (QED) is 0.800. The number of aryl methyl sites for hydroxylation is 1. The Kier molecular flexibility index (Phi) is 5.37. The van der Waals surface area contributed by atoms with E-state index in [4.69, 9.17) is 4.74 Å². The summed E-state index contributed by atoms with van der Waals surface area (Å²) in [5.41, 5.74) is 2.19. The zero-order chi connectivity index (χ0) is 15.2. The van der Waals surface area contributed by atoms with E-state index in [1.165, 1.54) is 7.11 Å². The smallest absolute Gasteiger partial charge is 0.307 e. The third-order valence-electron chi connectivity index (χ3n) is 4.18. The van der Waals surface area contributed by atoms with Crippen LogP contribution < -0.4 is 0 Å². The van der Waals surface area contributed by atoms with Crippen LogP contribution in [-0.4, -0.2) is 36.5 Å². The van der Waals surface area contributed by atoms with Crippen LogP contribution in [0, 0.1) is 6.92 Å².